The molecule has 0 atom stereocenters. The first-order chi connectivity index (χ1) is 12.9. The monoisotopic (exact) mass is 395 g/mol. The Morgan fingerprint density at radius 2 is 1.89 bits per heavy atom. The van der Waals surface area contributed by atoms with Crippen LogP contribution in [-0.2, 0) is 0 Å². The van der Waals surface area contributed by atoms with E-state index in [0.29, 0.717) is 10.7 Å². The molecular weight excluding hydrogens is 376 g/mol. The molecule has 0 unspecified atom stereocenters. The number of anilines is 2. The van der Waals surface area contributed by atoms with Crippen molar-refractivity contribution >= 4 is 28.9 Å². The molecule has 0 saturated carbocycles. The average Bonchev–Trinajstić information content (AvgIpc) is 2.62. The van der Waals surface area contributed by atoms with Crippen molar-refractivity contribution in [1.29, 1.82) is 0 Å². The van der Waals surface area contributed by atoms with Crippen molar-refractivity contribution in [2.45, 2.75) is 6.61 Å². The van der Waals surface area contributed by atoms with E-state index >= 15 is 0 Å². The number of rotatable bonds is 5. The molecule has 0 spiro atoms. The van der Waals surface area contributed by atoms with E-state index in [1.807, 2.05) is 6.07 Å². The van der Waals surface area contributed by atoms with Crippen LogP contribution in [0.25, 0.3) is 0 Å². The van der Waals surface area contributed by atoms with Crippen LogP contribution in [0.5, 0.6) is 5.75 Å². The molecule has 1 saturated heterocycles. The number of amides is 1. The maximum atomic E-state index is 12.6. The molecule has 2 aromatic carbocycles. The maximum Gasteiger partial charge on any atom is 0.387 e. The molecule has 0 aromatic heterocycles. The van der Waals surface area contributed by atoms with Gasteiger partial charge in [-0.1, -0.05) is 17.7 Å². The third-order valence-corrected chi connectivity index (χ3v) is 4.61. The van der Waals surface area contributed by atoms with Crippen molar-refractivity contribution < 1.29 is 18.3 Å². The van der Waals surface area contributed by atoms with E-state index < -0.39 is 12.5 Å². The number of carbonyl (C=O) groups is 1. The molecule has 1 aliphatic heterocycles. The quantitative estimate of drug-likeness (QED) is 0.832. The second kappa shape index (κ2) is 8.54. The van der Waals surface area contributed by atoms with E-state index in [1.54, 1.807) is 12.1 Å². The molecular formula is C19H20ClF2N3O2. The summed E-state index contributed by atoms with van der Waals surface area (Å²) in [5, 5.41) is 3.33. The number of benzene rings is 2. The van der Waals surface area contributed by atoms with Crippen LogP contribution < -0.4 is 15.0 Å². The summed E-state index contributed by atoms with van der Waals surface area (Å²) < 4.78 is 29.1. The SMILES string of the molecule is CN1CCN(c2ccc(Cl)cc2NC(=O)c2cccc(OC(F)F)c2)CC1. The Morgan fingerprint density at radius 3 is 2.59 bits per heavy atom. The fourth-order valence-electron chi connectivity index (χ4n) is 2.94. The van der Waals surface area contributed by atoms with Crippen LogP contribution in [0.1, 0.15) is 10.4 Å². The third-order valence-electron chi connectivity index (χ3n) is 4.37. The number of nitrogens with zero attached hydrogens (tertiary/aromatic N) is 2. The number of hydrogen-bond donors (Lipinski definition) is 1. The lowest BCUT2D eigenvalue weighted by Gasteiger charge is -2.35. The summed E-state index contributed by atoms with van der Waals surface area (Å²) in [7, 11) is 2.07. The van der Waals surface area contributed by atoms with Crippen molar-refractivity contribution in [1.82, 2.24) is 4.90 Å². The molecule has 1 fully saturated rings. The topological polar surface area (TPSA) is 44.8 Å². The normalized spacial score (nSPS) is 15.1. The number of hydrogen-bond acceptors (Lipinski definition) is 4. The lowest BCUT2D eigenvalue weighted by Crippen LogP contribution is -2.44. The molecule has 0 aliphatic carbocycles. The van der Waals surface area contributed by atoms with E-state index in [0.717, 1.165) is 31.9 Å². The molecule has 0 bridgehead atoms. The van der Waals surface area contributed by atoms with Crippen LogP contribution in [0.3, 0.4) is 0 Å². The van der Waals surface area contributed by atoms with E-state index in [9.17, 15) is 13.6 Å². The summed E-state index contributed by atoms with van der Waals surface area (Å²) in [5.74, 6) is -0.490. The van der Waals surface area contributed by atoms with Crippen LogP contribution in [0.4, 0.5) is 20.2 Å². The first-order valence-corrected chi connectivity index (χ1v) is 8.89. The Kier molecular flexibility index (Phi) is 6.13. The van der Waals surface area contributed by atoms with Gasteiger partial charge in [0.05, 0.1) is 11.4 Å². The minimum Gasteiger partial charge on any atom is -0.435 e. The molecule has 8 heteroatoms. The van der Waals surface area contributed by atoms with Crippen LogP contribution >= 0.6 is 11.6 Å². The summed E-state index contributed by atoms with van der Waals surface area (Å²) in [5.41, 5.74) is 1.68. The zero-order chi connectivity index (χ0) is 19.4. The van der Waals surface area contributed by atoms with Crippen LogP contribution in [0.2, 0.25) is 5.02 Å². The summed E-state index contributed by atoms with van der Waals surface area (Å²) in [4.78, 5) is 17.0. The highest BCUT2D eigenvalue weighted by Gasteiger charge is 2.19. The summed E-state index contributed by atoms with van der Waals surface area (Å²) in [6.07, 6.45) is 0. The second-order valence-electron chi connectivity index (χ2n) is 6.31. The van der Waals surface area contributed by atoms with Crippen LogP contribution in [0, 0.1) is 0 Å². The molecule has 3 rings (SSSR count). The largest absolute Gasteiger partial charge is 0.435 e. The van der Waals surface area contributed by atoms with E-state index in [-0.39, 0.29) is 11.3 Å². The second-order valence-corrected chi connectivity index (χ2v) is 6.75. The van der Waals surface area contributed by atoms with Gasteiger partial charge < -0.3 is 19.9 Å². The zero-order valence-electron chi connectivity index (χ0n) is 14.8. The van der Waals surface area contributed by atoms with Gasteiger partial charge in [0.15, 0.2) is 0 Å². The van der Waals surface area contributed by atoms with Gasteiger partial charge in [0, 0.05) is 36.8 Å². The van der Waals surface area contributed by atoms with Gasteiger partial charge in [-0.2, -0.15) is 8.78 Å². The van der Waals surface area contributed by atoms with Gasteiger partial charge in [0.25, 0.3) is 5.91 Å². The maximum absolute atomic E-state index is 12.6. The third kappa shape index (κ3) is 5.08. The average molecular weight is 396 g/mol. The number of ether oxygens (including phenoxy) is 1. The fraction of sp³-hybridized carbons (Fsp3) is 0.316. The highest BCUT2D eigenvalue weighted by atomic mass is 35.5. The minimum atomic E-state index is -2.94. The van der Waals surface area contributed by atoms with Crippen LogP contribution in [-0.4, -0.2) is 50.6 Å². The summed E-state index contributed by atoms with van der Waals surface area (Å²) in [6.45, 7) is 0.559. The summed E-state index contributed by atoms with van der Waals surface area (Å²) >= 11 is 6.11. The van der Waals surface area contributed by atoms with Gasteiger partial charge in [-0.05, 0) is 43.4 Å². The number of nitrogens with one attached hydrogen (secondary N) is 1. The molecule has 1 heterocycles. The van der Waals surface area contributed by atoms with Gasteiger partial charge in [0.1, 0.15) is 5.75 Å². The molecule has 27 heavy (non-hydrogen) atoms. The Balaban J connectivity index is 1.80. The Bertz CT molecular complexity index is 811. The van der Waals surface area contributed by atoms with E-state index in [1.165, 1.54) is 24.3 Å². The van der Waals surface area contributed by atoms with Crippen molar-refractivity contribution in [2.24, 2.45) is 0 Å². The summed E-state index contributed by atoms with van der Waals surface area (Å²) in [6, 6.07) is 11.0. The first-order valence-electron chi connectivity index (χ1n) is 8.51. The number of piperazine rings is 1. The number of likely N-dealkylation sites (N-methyl/N-ethyl adjacent to an activating group) is 1. The molecule has 1 amide bonds. The standard InChI is InChI=1S/C19H20ClF2N3O2/c1-24-7-9-25(10-8-24)17-6-5-14(20)12-16(17)23-18(26)13-3-2-4-15(11-13)27-19(21)22/h2-6,11-12,19H,7-10H2,1H3,(H,23,26). The lowest BCUT2D eigenvalue weighted by molar-refractivity contribution is -0.0498. The van der Waals surface area contributed by atoms with Gasteiger partial charge in [-0.25, -0.2) is 0 Å². The van der Waals surface area contributed by atoms with Crippen molar-refractivity contribution in [2.75, 3.05) is 43.4 Å². The Morgan fingerprint density at radius 1 is 1.15 bits per heavy atom. The number of alkyl halides is 2. The smallest absolute Gasteiger partial charge is 0.387 e. The minimum absolute atomic E-state index is 0.0666. The Hall–Kier alpha value is -2.38. The van der Waals surface area contributed by atoms with Crippen molar-refractivity contribution in [3.05, 3.63) is 53.1 Å². The molecule has 5 nitrogen and oxygen atoms in total. The van der Waals surface area contributed by atoms with Gasteiger partial charge in [-0.15, -0.1) is 0 Å². The predicted molar refractivity (Wildman–Crippen MR) is 102 cm³/mol. The number of carbonyl (C=O) groups excluding carboxylic acids is 1. The fourth-order valence-corrected chi connectivity index (χ4v) is 3.11. The van der Waals surface area contributed by atoms with Crippen molar-refractivity contribution in [3.8, 4) is 5.75 Å². The lowest BCUT2D eigenvalue weighted by atomic mass is 10.1. The molecule has 144 valence electrons. The van der Waals surface area contributed by atoms with Gasteiger partial charge in [-0.3, -0.25) is 4.79 Å². The zero-order valence-corrected chi connectivity index (χ0v) is 15.5. The van der Waals surface area contributed by atoms with Crippen LogP contribution in [0.15, 0.2) is 42.5 Å². The molecule has 1 N–H and O–H groups in total. The predicted octanol–water partition coefficient (Wildman–Crippen LogP) is 3.95. The van der Waals surface area contributed by atoms with E-state index in [2.05, 4.69) is 26.9 Å². The van der Waals surface area contributed by atoms with E-state index in [4.69, 9.17) is 11.6 Å². The highest BCUT2D eigenvalue weighted by molar-refractivity contribution is 6.31. The molecule has 1 aliphatic rings. The number of halogens is 3. The first kappa shape index (κ1) is 19.4. The molecule has 0 radical (unpaired) electrons. The van der Waals surface area contributed by atoms with Gasteiger partial charge in [0.2, 0.25) is 0 Å². The van der Waals surface area contributed by atoms with Crippen molar-refractivity contribution in [3.63, 3.8) is 0 Å². The highest BCUT2D eigenvalue weighted by Crippen LogP contribution is 2.30. The molecule has 2 aromatic rings. The van der Waals surface area contributed by atoms with Gasteiger partial charge >= 0.3 is 6.61 Å². The Labute approximate surface area is 161 Å².